The molecule has 0 spiro atoms. The Bertz CT molecular complexity index is 1230. The summed E-state index contributed by atoms with van der Waals surface area (Å²) in [4.78, 5) is 28.2. The Morgan fingerprint density at radius 3 is 2.70 bits per heavy atom. The minimum absolute atomic E-state index is 0.0546. The van der Waals surface area contributed by atoms with Gasteiger partial charge in [0.05, 0.1) is 18.4 Å². The highest BCUT2D eigenvalue weighted by atomic mass is 35.5. The average molecular weight is 527 g/mol. The number of aliphatic hydroxyl groups is 1. The molecule has 1 heterocycles. The van der Waals surface area contributed by atoms with E-state index in [1.165, 1.54) is 6.92 Å². The summed E-state index contributed by atoms with van der Waals surface area (Å²) in [6, 6.07) is 11.2. The fourth-order valence-corrected chi connectivity index (χ4v) is 5.90. The van der Waals surface area contributed by atoms with Gasteiger partial charge in [0.25, 0.3) is 0 Å². The Kier molecular flexibility index (Phi) is 7.97. The zero-order chi connectivity index (χ0) is 26.9. The molecular weight excluding hydrogens is 492 g/mol. The molecule has 1 aliphatic heterocycles. The van der Waals surface area contributed by atoms with Crippen molar-refractivity contribution in [3.05, 3.63) is 64.2 Å². The summed E-state index contributed by atoms with van der Waals surface area (Å²) in [7, 11) is 7.29. The number of halogens is 1. The van der Waals surface area contributed by atoms with E-state index in [0.29, 0.717) is 42.3 Å². The van der Waals surface area contributed by atoms with E-state index in [-0.39, 0.29) is 30.3 Å². The molecule has 7 nitrogen and oxygen atoms in total. The van der Waals surface area contributed by atoms with Crippen LogP contribution in [0, 0.1) is 5.92 Å². The summed E-state index contributed by atoms with van der Waals surface area (Å²) >= 11 is 6.32. The molecule has 1 N–H and O–H groups in total. The SMILES string of the molecule is COc1cccc(C2(O)CCC(OC(C)=O)CC2CN(C)C)c1C1=CCC(=O)N(C)c2cc(Cl)ccc21. The van der Waals surface area contributed by atoms with E-state index in [0.717, 1.165) is 22.3 Å². The molecule has 0 saturated heterocycles. The molecule has 2 aliphatic rings. The third-order valence-electron chi connectivity index (χ3n) is 7.44. The van der Waals surface area contributed by atoms with Crippen molar-refractivity contribution in [3.63, 3.8) is 0 Å². The molecule has 0 radical (unpaired) electrons. The van der Waals surface area contributed by atoms with Crippen LogP contribution in [0.4, 0.5) is 5.69 Å². The number of hydrogen-bond acceptors (Lipinski definition) is 6. The largest absolute Gasteiger partial charge is 0.496 e. The van der Waals surface area contributed by atoms with Gasteiger partial charge >= 0.3 is 5.97 Å². The van der Waals surface area contributed by atoms with Crippen molar-refractivity contribution in [2.24, 2.45) is 5.92 Å². The molecule has 37 heavy (non-hydrogen) atoms. The first-order valence-corrected chi connectivity index (χ1v) is 12.9. The van der Waals surface area contributed by atoms with Crippen LogP contribution in [0.15, 0.2) is 42.5 Å². The van der Waals surface area contributed by atoms with Crippen molar-refractivity contribution in [3.8, 4) is 5.75 Å². The van der Waals surface area contributed by atoms with Crippen molar-refractivity contribution in [2.75, 3.05) is 39.7 Å². The van der Waals surface area contributed by atoms with Gasteiger partial charge in [-0.15, -0.1) is 0 Å². The topological polar surface area (TPSA) is 79.3 Å². The summed E-state index contributed by atoms with van der Waals surface area (Å²) in [6.45, 7) is 2.03. The van der Waals surface area contributed by atoms with Crippen LogP contribution in [0.1, 0.15) is 49.3 Å². The summed E-state index contributed by atoms with van der Waals surface area (Å²) in [5.41, 5.74) is 2.65. The molecular formula is C29H35ClN2O5. The van der Waals surface area contributed by atoms with E-state index < -0.39 is 5.60 Å². The molecule has 2 aromatic rings. The molecule has 2 aromatic carbocycles. The van der Waals surface area contributed by atoms with Gasteiger partial charge in [-0.1, -0.05) is 35.9 Å². The van der Waals surface area contributed by atoms with Gasteiger partial charge in [0.2, 0.25) is 5.91 Å². The van der Waals surface area contributed by atoms with Gasteiger partial charge in [0.15, 0.2) is 0 Å². The molecule has 1 amide bonds. The highest BCUT2D eigenvalue weighted by Gasteiger charge is 2.46. The third kappa shape index (κ3) is 5.40. The lowest BCUT2D eigenvalue weighted by Gasteiger charge is -2.45. The Balaban J connectivity index is 1.90. The zero-order valence-corrected chi connectivity index (χ0v) is 22.8. The predicted octanol–water partition coefficient (Wildman–Crippen LogP) is 4.63. The standard InChI is InChI=1S/C29H35ClN2O5/c1-18(33)37-21-13-14-29(35,19(15-21)17-31(2)3)24-7-6-8-26(36-5)28(24)23-11-12-27(34)32(4)25-16-20(30)9-10-22(23)25/h6-11,16,19,21,35H,12-15,17H2,1-5H3. The highest BCUT2D eigenvalue weighted by molar-refractivity contribution is 6.31. The number of rotatable bonds is 6. The van der Waals surface area contributed by atoms with Gasteiger partial charge in [-0.2, -0.15) is 0 Å². The van der Waals surface area contributed by atoms with E-state index in [4.69, 9.17) is 21.1 Å². The number of carbonyl (C=O) groups is 2. The van der Waals surface area contributed by atoms with Crippen molar-refractivity contribution in [2.45, 2.75) is 44.3 Å². The van der Waals surface area contributed by atoms with Crippen LogP contribution in [-0.2, 0) is 19.9 Å². The lowest BCUT2D eigenvalue weighted by Crippen LogP contribution is -2.47. The van der Waals surface area contributed by atoms with Gasteiger partial charge in [0, 0.05) is 49.0 Å². The average Bonchev–Trinajstić information content (AvgIpc) is 2.96. The maximum atomic E-state index is 12.9. The Morgan fingerprint density at radius 2 is 2.03 bits per heavy atom. The number of amides is 1. The van der Waals surface area contributed by atoms with Crippen LogP contribution in [-0.4, -0.2) is 62.8 Å². The number of benzene rings is 2. The molecule has 8 heteroatoms. The second kappa shape index (κ2) is 10.9. The van der Waals surface area contributed by atoms with Crippen LogP contribution in [0.3, 0.4) is 0 Å². The number of fused-ring (bicyclic) bond motifs is 1. The molecule has 0 aromatic heterocycles. The number of nitrogens with zero attached hydrogens (tertiary/aromatic N) is 2. The number of esters is 1. The molecule has 1 saturated carbocycles. The summed E-state index contributed by atoms with van der Waals surface area (Å²) in [6.07, 6.45) is 3.37. The van der Waals surface area contributed by atoms with Gasteiger partial charge in [-0.3, -0.25) is 9.59 Å². The van der Waals surface area contributed by atoms with Gasteiger partial charge in [-0.25, -0.2) is 0 Å². The molecule has 0 bridgehead atoms. The third-order valence-corrected chi connectivity index (χ3v) is 7.67. The van der Waals surface area contributed by atoms with Crippen molar-refractivity contribution in [1.82, 2.24) is 4.90 Å². The number of ether oxygens (including phenoxy) is 2. The van der Waals surface area contributed by atoms with E-state index >= 15 is 0 Å². The fourth-order valence-electron chi connectivity index (χ4n) is 5.74. The van der Waals surface area contributed by atoms with Crippen LogP contribution in [0.25, 0.3) is 5.57 Å². The van der Waals surface area contributed by atoms with Crippen LogP contribution < -0.4 is 9.64 Å². The monoisotopic (exact) mass is 526 g/mol. The first-order chi connectivity index (χ1) is 17.5. The lowest BCUT2D eigenvalue weighted by molar-refractivity contribution is -0.156. The van der Waals surface area contributed by atoms with E-state index in [1.807, 2.05) is 49.3 Å². The predicted molar refractivity (Wildman–Crippen MR) is 145 cm³/mol. The minimum Gasteiger partial charge on any atom is -0.496 e. The van der Waals surface area contributed by atoms with Gasteiger partial charge in [0.1, 0.15) is 11.9 Å². The quantitative estimate of drug-likeness (QED) is 0.553. The van der Waals surface area contributed by atoms with Crippen LogP contribution in [0.2, 0.25) is 5.02 Å². The summed E-state index contributed by atoms with van der Waals surface area (Å²) < 4.78 is 11.4. The first-order valence-electron chi connectivity index (χ1n) is 12.5. The molecule has 198 valence electrons. The molecule has 1 fully saturated rings. The smallest absolute Gasteiger partial charge is 0.302 e. The van der Waals surface area contributed by atoms with Crippen molar-refractivity contribution in [1.29, 1.82) is 0 Å². The van der Waals surface area contributed by atoms with E-state index in [9.17, 15) is 14.7 Å². The maximum Gasteiger partial charge on any atom is 0.302 e. The second-order valence-corrected chi connectivity index (χ2v) is 10.6. The van der Waals surface area contributed by atoms with Crippen molar-refractivity contribution >= 4 is 34.7 Å². The molecule has 1 aliphatic carbocycles. The molecule has 3 unspecified atom stereocenters. The lowest BCUT2D eigenvalue weighted by atomic mass is 9.68. The minimum atomic E-state index is -1.21. The number of carbonyl (C=O) groups excluding carboxylic acids is 2. The Labute approximate surface area is 223 Å². The highest BCUT2D eigenvalue weighted by Crippen LogP contribution is 2.49. The summed E-state index contributed by atoms with van der Waals surface area (Å²) in [5.74, 6) is 0.0439. The van der Waals surface area contributed by atoms with Crippen molar-refractivity contribution < 1.29 is 24.2 Å². The Hall–Kier alpha value is -2.87. The van der Waals surface area contributed by atoms with Crippen LogP contribution >= 0.6 is 11.6 Å². The number of methoxy groups -OCH3 is 1. The van der Waals surface area contributed by atoms with Gasteiger partial charge < -0.3 is 24.4 Å². The second-order valence-electron chi connectivity index (χ2n) is 10.2. The van der Waals surface area contributed by atoms with Gasteiger partial charge in [-0.05, 0) is 62.7 Å². The Morgan fingerprint density at radius 1 is 1.27 bits per heavy atom. The maximum absolute atomic E-state index is 12.9. The normalized spacial score (nSPS) is 23.8. The first kappa shape index (κ1) is 27.2. The van der Waals surface area contributed by atoms with E-state index in [1.54, 1.807) is 31.2 Å². The molecule has 4 rings (SSSR count). The number of anilines is 1. The fraction of sp³-hybridized carbons (Fsp3) is 0.448. The molecule has 3 atom stereocenters. The number of hydrogen-bond donors (Lipinski definition) is 1. The summed E-state index contributed by atoms with van der Waals surface area (Å²) in [5, 5.41) is 13.0. The van der Waals surface area contributed by atoms with E-state index in [2.05, 4.69) is 0 Å². The zero-order valence-electron chi connectivity index (χ0n) is 22.1. The van der Waals surface area contributed by atoms with Crippen LogP contribution in [0.5, 0.6) is 5.75 Å².